The standard InChI is InChI=1S/C18H28BrN5O/c1-4-20-18(21-11-9-17(25)23(2)3)22-14-10-12-24(13-14)16-8-6-5-7-15(16)19/h5-8,14H,4,9-13H2,1-3H3,(H2,20,21,22). The number of amides is 1. The minimum Gasteiger partial charge on any atom is -0.368 e. The summed E-state index contributed by atoms with van der Waals surface area (Å²) in [4.78, 5) is 20.2. The van der Waals surface area contributed by atoms with Crippen LogP contribution in [0.25, 0.3) is 0 Å². The second-order valence-electron chi connectivity index (χ2n) is 6.33. The van der Waals surface area contributed by atoms with Gasteiger partial charge in [0.1, 0.15) is 0 Å². The molecular weight excluding hydrogens is 382 g/mol. The first kappa shape index (κ1) is 19.6. The topological polar surface area (TPSA) is 60.0 Å². The molecule has 1 saturated heterocycles. The SMILES string of the molecule is CCNC(=NCCC(=O)N(C)C)NC1CCN(c2ccccc2Br)C1. The summed E-state index contributed by atoms with van der Waals surface area (Å²) in [6, 6.07) is 8.65. The Hall–Kier alpha value is -1.76. The smallest absolute Gasteiger partial charge is 0.223 e. The Kier molecular flexibility index (Phi) is 7.55. The maximum absolute atomic E-state index is 11.7. The third-order valence-electron chi connectivity index (χ3n) is 4.16. The summed E-state index contributed by atoms with van der Waals surface area (Å²) < 4.78 is 1.12. The molecule has 138 valence electrons. The maximum Gasteiger partial charge on any atom is 0.223 e. The van der Waals surface area contributed by atoms with E-state index in [-0.39, 0.29) is 5.91 Å². The third-order valence-corrected chi connectivity index (χ3v) is 4.83. The lowest BCUT2D eigenvalue weighted by Gasteiger charge is -2.21. The van der Waals surface area contributed by atoms with Crippen molar-refractivity contribution in [2.75, 3.05) is 45.2 Å². The van der Waals surface area contributed by atoms with Gasteiger partial charge in [-0.25, -0.2) is 0 Å². The van der Waals surface area contributed by atoms with E-state index in [2.05, 4.69) is 54.7 Å². The van der Waals surface area contributed by atoms with Gasteiger partial charge in [0.15, 0.2) is 5.96 Å². The van der Waals surface area contributed by atoms with E-state index in [4.69, 9.17) is 0 Å². The maximum atomic E-state index is 11.7. The average molecular weight is 410 g/mol. The molecule has 1 aliphatic heterocycles. The quantitative estimate of drug-likeness (QED) is 0.557. The molecule has 0 radical (unpaired) electrons. The van der Waals surface area contributed by atoms with Crippen LogP contribution in [0.1, 0.15) is 19.8 Å². The number of para-hydroxylation sites is 1. The van der Waals surface area contributed by atoms with E-state index in [1.54, 1.807) is 19.0 Å². The van der Waals surface area contributed by atoms with Crippen LogP contribution in [0.4, 0.5) is 5.69 Å². The highest BCUT2D eigenvalue weighted by atomic mass is 79.9. The molecule has 6 nitrogen and oxygen atoms in total. The van der Waals surface area contributed by atoms with Crippen LogP contribution >= 0.6 is 15.9 Å². The lowest BCUT2D eigenvalue weighted by atomic mass is 10.2. The number of aliphatic imine (C=N–C) groups is 1. The molecule has 0 spiro atoms. The second-order valence-corrected chi connectivity index (χ2v) is 7.18. The van der Waals surface area contributed by atoms with E-state index >= 15 is 0 Å². The van der Waals surface area contributed by atoms with E-state index in [1.165, 1.54) is 5.69 Å². The van der Waals surface area contributed by atoms with Crippen molar-refractivity contribution in [3.05, 3.63) is 28.7 Å². The number of halogens is 1. The van der Waals surface area contributed by atoms with Crippen LogP contribution in [0.2, 0.25) is 0 Å². The number of carbonyl (C=O) groups is 1. The Labute approximate surface area is 158 Å². The number of hydrogen-bond donors (Lipinski definition) is 2. The first-order chi connectivity index (χ1) is 12.0. The van der Waals surface area contributed by atoms with E-state index in [9.17, 15) is 4.79 Å². The molecular formula is C18H28BrN5O. The van der Waals surface area contributed by atoms with Crippen LogP contribution in [-0.2, 0) is 4.79 Å². The Balaban J connectivity index is 1.90. The largest absolute Gasteiger partial charge is 0.368 e. The van der Waals surface area contributed by atoms with Crippen LogP contribution in [0, 0.1) is 0 Å². The number of anilines is 1. The molecule has 0 saturated carbocycles. The van der Waals surface area contributed by atoms with Crippen molar-refractivity contribution in [2.45, 2.75) is 25.8 Å². The lowest BCUT2D eigenvalue weighted by molar-refractivity contribution is -0.128. The van der Waals surface area contributed by atoms with E-state index < -0.39 is 0 Å². The Morgan fingerprint density at radius 3 is 2.84 bits per heavy atom. The molecule has 1 aliphatic rings. The minimum absolute atomic E-state index is 0.0977. The zero-order valence-electron chi connectivity index (χ0n) is 15.3. The predicted molar refractivity (Wildman–Crippen MR) is 107 cm³/mol. The number of nitrogens with one attached hydrogen (secondary N) is 2. The second kappa shape index (κ2) is 9.65. The van der Waals surface area contributed by atoms with Crippen molar-refractivity contribution < 1.29 is 4.79 Å². The molecule has 2 rings (SSSR count). The van der Waals surface area contributed by atoms with Crippen molar-refractivity contribution in [1.82, 2.24) is 15.5 Å². The Morgan fingerprint density at radius 1 is 1.40 bits per heavy atom. The van der Waals surface area contributed by atoms with Gasteiger partial charge in [-0.2, -0.15) is 0 Å². The van der Waals surface area contributed by atoms with Gasteiger partial charge in [-0.05, 0) is 41.4 Å². The molecule has 1 unspecified atom stereocenters. The van der Waals surface area contributed by atoms with Crippen LogP contribution in [-0.4, -0.2) is 63.1 Å². The molecule has 0 aromatic heterocycles. The van der Waals surface area contributed by atoms with Crippen molar-refractivity contribution in [2.24, 2.45) is 4.99 Å². The normalized spacial score (nSPS) is 17.5. The first-order valence-electron chi connectivity index (χ1n) is 8.75. The molecule has 1 atom stereocenters. The van der Waals surface area contributed by atoms with Crippen LogP contribution in [0.3, 0.4) is 0 Å². The first-order valence-corrected chi connectivity index (χ1v) is 9.55. The molecule has 2 N–H and O–H groups in total. The molecule has 25 heavy (non-hydrogen) atoms. The predicted octanol–water partition coefficient (Wildman–Crippen LogP) is 2.06. The number of hydrogen-bond acceptors (Lipinski definition) is 3. The van der Waals surface area contributed by atoms with Gasteiger partial charge in [-0.1, -0.05) is 12.1 Å². The zero-order chi connectivity index (χ0) is 18.2. The van der Waals surface area contributed by atoms with Gasteiger partial charge in [0, 0.05) is 50.7 Å². The van der Waals surface area contributed by atoms with Gasteiger partial charge in [0.2, 0.25) is 5.91 Å². The summed E-state index contributed by atoms with van der Waals surface area (Å²) in [5.74, 6) is 0.883. The summed E-state index contributed by atoms with van der Waals surface area (Å²) in [6.45, 7) is 5.29. The monoisotopic (exact) mass is 409 g/mol. The molecule has 1 fully saturated rings. The summed E-state index contributed by atoms with van der Waals surface area (Å²) in [7, 11) is 3.54. The lowest BCUT2D eigenvalue weighted by Crippen LogP contribution is -2.44. The summed E-state index contributed by atoms with van der Waals surface area (Å²) in [5, 5.41) is 6.76. The van der Waals surface area contributed by atoms with Crippen molar-refractivity contribution >= 4 is 33.5 Å². The van der Waals surface area contributed by atoms with Gasteiger partial charge in [0.05, 0.1) is 12.2 Å². The number of nitrogens with zero attached hydrogens (tertiary/aromatic N) is 3. The molecule has 7 heteroatoms. The molecule has 1 heterocycles. The minimum atomic E-state index is 0.0977. The van der Waals surface area contributed by atoms with Crippen molar-refractivity contribution in [3.63, 3.8) is 0 Å². The van der Waals surface area contributed by atoms with Crippen molar-refractivity contribution in [3.8, 4) is 0 Å². The highest BCUT2D eigenvalue weighted by molar-refractivity contribution is 9.10. The fourth-order valence-electron chi connectivity index (χ4n) is 2.81. The highest BCUT2D eigenvalue weighted by Crippen LogP contribution is 2.28. The number of carbonyl (C=O) groups excluding carboxylic acids is 1. The average Bonchev–Trinajstić information content (AvgIpc) is 3.03. The molecule has 1 aromatic carbocycles. The molecule has 1 aromatic rings. The van der Waals surface area contributed by atoms with Gasteiger partial charge in [-0.3, -0.25) is 9.79 Å². The Bertz CT molecular complexity index is 605. The van der Waals surface area contributed by atoms with Gasteiger partial charge in [-0.15, -0.1) is 0 Å². The zero-order valence-corrected chi connectivity index (χ0v) is 16.8. The number of benzene rings is 1. The fourth-order valence-corrected chi connectivity index (χ4v) is 3.34. The van der Waals surface area contributed by atoms with Gasteiger partial charge in [0.25, 0.3) is 0 Å². The number of rotatable bonds is 6. The van der Waals surface area contributed by atoms with E-state index in [1.807, 2.05) is 13.0 Å². The van der Waals surface area contributed by atoms with E-state index in [0.717, 1.165) is 36.5 Å². The summed E-state index contributed by atoms with van der Waals surface area (Å²) >= 11 is 3.63. The highest BCUT2D eigenvalue weighted by Gasteiger charge is 2.24. The van der Waals surface area contributed by atoms with E-state index in [0.29, 0.717) is 19.0 Å². The molecule has 0 bridgehead atoms. The molecule has 1 amide bonds. The van der Waals surface area contributed by atoms with Gasteiger partial charge >= 0.3 is 0 Å². The van der Waals surface area contributed by atoms with Gasteiger partial charge < -0.3 is 20.4 Å². The summed E-state index contributed by atoms with van der Waals surface area (Å²) in [6.07, 6.45) is 1.49. The van der Waals surface area contributed by atoms with Crippen molar-refractivity contribution in [1.29, 1.82) is 0 Å². The van der Waals surface area contributed by atoms with Crippen LogP contribution in [0.5, 0.6) is 0 Å². The van der Waals surface area contributed by atoms with Crippen LogP contribution in [0.15, 0.2) is 33.7 Å². The Morgan fingerprint density at radius 2 is 2.16 bits per heavy atom. The third kappa shape index (κ3) is 5.92. The molecule has 0 aliphatic carbocycles. The van der Waals surface area contributed by atoms with Crippen LogP contribution < -0.4 is 15.5 Å². The number of guanidine groups is 1. The fraction of sp³-hybridized carbons (Fsp3) is 0.556. The summed E-state index contributed by atoms with van der Waals surface area (Å²) in [5.41, 5.74) is 1.23.